The van der Waals surface area contributed by atoms with Crippen LogP contribution in [0.2, 0.25) is 5.02 Å². The second-order valence-electron chi connectivity index (χ2n) is 5.43. The Labute approximate surface area is 146 Å². The first-order valence-corrected chi connectivity index (χ1v) is 8.48. The topological polar surface area (TPSA) is 59.5 Å². The second kappa shape index (κ2) is 8.70. The first-order valence-electron chi connectivity index (χ1n) is 8.11. The number of anilines is 1. The van der Waals surface area contributed by atoms with Crippen molar-refractivity contribution in [1.82, 2.24) is 15.3 Å². The summed E-state index contributed by atoms with van der Waals surface area (Å²) in [7, 11) is 0. The van der Waals surface area contributed by atoms with Gasteiger partial charge >= 0.3 is 0 Å². The standard InChI is InChI=1S/C17H21ClN4O2/c18-14-2-4-15(5-3-14)23-12-13-24-17-16(20-7-8-21-17)22-10-1-6-19-9-11-22/h2-5,7-8,19H,1,6,9-13H2. The third kappa shape index (κ3) is 4.72. The van der Waals surface area contributed by atoms with Crippen molar-refractivity contribution in [3.63, 3.8) is 0 Å². The Bertz CT molecular complexity index is 631. The average Bonchev–Trinajstić information content (AvgIpc) is 2.90. The van der Waals surface area contributed by atoms with Crippen molar-refractivity contribution >= 4 is 17.4 Å². The van der Waals surface area contributed by atoms with E-state index in [1.165, 1.54) is 0 Å². The average molecular weight is 349 g/mol. The number of hydrogen-bond acceptors (Lipinski definition) is 6. The lowest BCUT2D eigenvalue weighted by Crippen LogP contribution is -2.29. The van der Waals surface area contributed by atoms with Crippen molar-refractivity contribution < 1.29 is 9.47 Å². The summed E-state index contributed by atoms with van der Waals surface area (Å²) in [6.45, 7) is 4.65. The maximum absolute atomic E-state index is 5.85. The third-order valence-electron chi connectivity index (χ3n) is 3.69. The van der Waals surface area contributed by atoms with E-state index in [1.54, 1.807) is 24.5 Å². The maximum Gasteiger partial charge on any atom is 0.257 e. The number of nitrogens with one attached hydrogen (secondary N) is 1. The molecule has 0 spiro atoms. The highest BCUT2D eigenvalue weighted by molar-refractivity contribution is 6.30. The number of benzene rings is 1. The van der Waals surface area contributed by atoms with Crippen LogP contribution in [-0.4, -0.2) is 49.4 Å². The molecule has 0 amide bonds. The molecule has 1 saturated heterocycles. The highest BCUT2D eigenvalue weighted by Gasteiger charge is 2.16. The van der Waals surface area contributed by atoms with Gasteiger partial charge in [0, 0.05) is 37.1 Å². The minimum Gasteiger partial charge on any atom is -0.490 e. The number of hydrogen-bond donors (Lipinski definition) is 1. The lowest BCUT2D eigenvalue weighted by Gasteiger charge is -2.22. The molecule has 1 aliphatic heterocycles. The van der Waals surface area contributed by atoms with Crippen LogP contribution in [0.3, 0.4) is 0 Å². The molecule has 0 atom stereocenters. The quantitative estimate of drug-likeness (QED) is 0.809. The Morgan fingerprint density at radius 2 is 1.79 bits per heavy atom. The van der Waals surface area contributed by atoms with E-state index in [-0.39, 0.29) is 0 Å². The van der Waals surface area contributed by atoms with Gasteiger partial charge in [0.2, 0.25) is 0 Å². The van der Waals surface area contributed by atoms with Crippen molar-refractivity contribution in [2.45, 2.75) is 6.42 Å². The van der Waals surface area contributed by atoms with E-state index >= 15 is 0 Å². The summed E-state index contributed by atoms with van der Waals surface area (Å²) in [5.74, 6) is 2.12. The van der Waals surface area contributed by atoms with E-state index in [0.717, 1.165) is 44.2 Å². The van der Waals surface area contributed by atoms with Crippen LogP contribution < -0.4 is 19.7 Å². The number of aromatic nitrogens is 2. The molecular formula is C17H21ClN4O2. The zero-order valence-electron chi connectivity index (χ0n) is 13.4. The van der Waals surface area contributed by atoms with Crippen LogP contribution >= 0.6 is 11.6 Å². The van der Waals surface area contributed by atoms with Crippen molar-refractivity contribution in [3.05, 3.63) is 41.7 Å². The van der Waals surface area contributed by atoms with Crippen LogP contribution in [0.25, 0.3) is 0 Å². The van der Waals surface area contributed by atoms with Gasteiger partial charge in [-0.25, -0.2) is 9.97 Å². The van der Waals surface area contributed by atoms with Gasteiger partial charge in [-0.2, -0.15) is 0 Å². The van der Waals surface area contributed by atoms with Gasteiger partial charge in [0.1, 0.15) is 19.0 Å². The summed E-state index contributed by atoms with van der Waals surface area (Å²) in [4.78, 5) is 11.0. The normalized spacial score (nSPS) is 15.0. The van der Waals surface area contributed by atoms with E-state index in [9.17, 15) is 0 Å². The lowest BCUT2D eigenvalue weighted by molar-refractivity contribution is 0.211. The molecule has 0 aliphatic carbocycles. The molecule has 0 bridgehead atoms. The van der Waals surface area contributed by atoms with Crippen LogP contribution in [0.4, 0.5) is 5.82 Å². The summed E-state index contributed by atoms with van der Waals surface area (Å²) in [5.41, 5.74) is 0. The van der Waals surface area contributed by atoms with E-state index in [0.29, 0.717) is 24.1 Å². The SMILES string of the molecule is Clc1ccc(OCCOc2nccnc2N2CCCNCC2)cc1. The highest BCUT2D eigenvalue weighted by atomic mass is 35.5. The molecular weight excluding hydrogens is 328 g/mol. The molecule has 1 fully saturated rings. The molecule has 3 rings (SSSR count). The summed E-state index contributed by atoms with van der Waals surface area (Å²) in [6, 6.07) is 7.26. The van der Waals surface area contributed by atoms with Crippen molar-refractivity contribution in [2.24, 2.45) is 0 Å². The van der Waals surface area contributed by atoms with Gasteiger partial charge < -0.3 is 19.7 Å². The van der Waals surface area contributed by atoms with Gasteiger partial charge in [-0.05, 0) is 37.2 Å². The predicted molar refractivity (Wildman–Crippen MR) is 94.2 cm³/mol. The largest absolute Gasteiger partial charge is 0.490 e. The molecule has 7 heteroatoms. The third-order valence-corrected chi connectivity index (χ3v) is 3.94. The van der Waals surface area contributed by atoms with Gasteiger partial charge in [0.05, 0.1) is 0 Å². The summed E-state index contributed by atoms with van der Waals surface area (Å²) < 4.78 is 11.4. The van der Waals surface area contributed by atoms with Gasteiger partial charge in [-0.3, -0.25) is 0 Å². The Hall–Kier alpha value is -2.05. The molecule has 1 aromatic carbocycles. The van der Waals surface area contributed by atoms with Gasteiger partial charge in [-0.1, -0.05) is 11.6 Å². The van der Waals surface area contributed by atoms with E-state index < -0.39 is 0 Å². The fraction of sp³-hybridized carbons (Fsp3) is 0.412. The molecule has 0 saturated carbocycles. The van der Waals surface area contributed by atoms with Crippen LogP contribution in [0.5, 0.6) is 11.6 Å². The van der Waals surface area contributed by atoms with Crippen molar-refractivity contribution in [3.8, 4) is 11.6 Å². The molecule has 1 aliphatic rings. The summed E-state index contributed by atoms with van der Waals surface area (Å²) >= 11 is 5.85. The molecule has 2 aromatic rings. The maximum atomic E-state index is 5.85. The molecule has 1 N–H and O–H groups in total. The molecule has 0 radical (unpaired) electrons. The predicted octanol–water partition coefficient (Wildman–Crippen LogP) is 2.39. The zero-order chi connectivity index (χ0) is 16.6. The monoisotopic (exact) mass is 348 g/mol. The van der Waals surface area contributed by atoms with Gasteiger partial charge in [-0.15, -0.1) is 0 Å². The summed E-state index contributed by atoms with van der Waals surface area (Å²) in [6.07, 6.45) is 4.43. The Kier molecular flexibility index (Phi) is 6.09. The minimum absolute atomic E-state index is 0.403. The van der Waals surface area contributed by atoms with Crippen LogP contribution in [0, 0.1) is 0 Å². The summed E-state index contributed by atoms with van der Waals surface area (Å²) in [5, 5.41) is 4.07. The van der Waals surface area contributed by atoms with E-state index in [2.05, 4.69) is 20.2 Å². The van der Waals surface area contributed by atoms with Crippen LogP contribution in [0.1, 0.15) is 6.42 Å². The number of halogens is 1. The fourth-order valence-corrected chi connectivity index (χ4v) is 2.65. The molecule has 128 valence electrons. The highest BCUT2D eigenvalue weighted by Crippen LogP contribution is 2.23. The molecule has 0 unspecified atom stereocenters. The Morgan fingerprint density at radius 3 is 2.67 bits per heavy atom. The molecule has 24 heavy (non-hydrogen) atoms. The first kappa shape index (κ1) is 16.8. The number of rotatable bonds is 6. The smallest absolute Gasteiger partial charge is 0.257 e. The first-order chi connectivity index (χ1) is 11.8. The second-order valence-corrected chi connectivity index (χ2v) is 5.86. The van der Waals surface area contributed by atoms with Crippen LogP contribution in [0.15, 0.2) is 36.7 Å². The molecule has 1 aromatic heterocycles. The van der Waals surface area contributed by atoms with Crippen molar-refractivity contribution in [1.29, 1.82) is 0 Å². The van der Waals surface area contributed by atoms with Gasteiger partial charge in [0.25, 0.3) is 5.88 Å². The van der Waals surface area contributed by atoms with Crippen molar-refractivity contribution in [2.75, 3.05) is 44.3 Å². The minimum atomic E-state index is 0.403. The Balaban J connectivity index is 1.54. The van der Waals surface area contributed by atoms with E-state index in [4.69, 9.17) is 21.1 Å². The number of nitrogens with zero attached hydrogens (tertiary/aromatic N) is 3. The number of ether oxygens (including phenoxy) is 2. The Morgan fingerprint density at radius 1 is 1.00 bits per heavy atom. The van der Waals surface area contributed by atoms with Crippen LogP contribution in [-0.2, 0) is 0 Å². The fourth-order valence-electron chi connectivity index (χ4n) is 2.52. The molecule has 6 nitrogen and oxygen atoms in total. The zero-order valence-corrected chi connectivity index (χ0v) is 14.2. The lowest BCUT2D eigenvalue weighted by atomic mass is 10.3. The van der Waals surface area contributed by atoms with Gasteiger partial charge in [0.15, 0.2) is 5.82 Å². The van der Waals surface area contributed by atoms with E-state index in [1.807, 2.05) is 12.1 Å². The molecule has 2 heterocycles.